The second kappa shape index (κ2) is 6.93. The Hall–Kier alpha value is -1.29. The quantitative estimate of drug-likeness (QED) is 0.921. The summed E-state index contributed by atoms with van der Waals surface area (Å²) >= 11 is 0. The molecule has 0 bridgehead atoms. The lowest BCUT2D eigenvalue weighted by molar-refractivity contribution is 0.0575. The van der Waals surface area contributed by atoms with Crippen LogP contribution in [0.4, 0.5) is 0 Å². The molecule has 1 aromatic heterocycles. The minimum Gasteiger partial charge on any atom is -0.456 e. The predicted molar refractivity (Wildman–Crippen MR) is 77.7 cm³/mol. The van der Waals surface area contributed by atoms with Gasteiger partial charge in [-0.1, -0.05) is 19.8 Å². The van der Waals surface area contributed by atoms with Crippen molar-refractivity contribution >= 4 is 5.91 Å². The number of aliphatic hydroxyl groups excluding tert-OH is 1. The highest BCUT2D eigenvalue weighted by atomic mass is 16.4. The summed E-state index contributed by atoms with van der Waals surface area (Å²) in [5, 5.41) is 9.65. The summed E-state index contributed by atoms with van der Waals surface area (Å²) in [7, 11) is 0. The van der Waals surface area contributed by atoms with Crippen molar-refractivity contribution in [1.29, 1.82) is 0 Å². The molecule has 0 radical (unpaired) electrons. The molecule has 2 unspecified atom stereocenters. The first kappa shape index (κ1) is 15.1. The average molecular weight is 279 g/mol. The third-order valence-electron chi connectivity index (χ3n) is 3.97. The van der Waals surface area contributed by atoms with Crippen molar-refractivity contribution in [3.05, 3.63) is 23.7 Å². The average Bonchev–Trinajstić information content (AvgIpc) is 2.79. The molecule has 4 nitrogen and oxygen atoms in total. The fourth-order valence-corrected chi connectivity index (χ4v) is 2.91. The second-order valence-corrected chi connectivity index (χ2v) is 5.71. The van der Waals surface area contributed by atoms with Crippen LogP contribution >= 0.6 is 0 Å². The lowest BCUT2D eigenvalue weighted by atomic mass is 10.0. The van der Waals surface area contributed by atoms with Gasteiger partial charge in [-0.05, 0) is 38.3 Å². The van der Waals surface area contributed by atoms with Gasteiger partial charge in [-0.2, -0.15) is 0 Å². The Morgan fingerprint density at radius 3 is 2.90 bits per heavy atom. The molecule has 0 aromatic carbocycles. The number of hydrogen-bond acceptors (Lipinski definition) is 3. The van der Waals surface area contributed by atoms with Gasteiger partial charge in [0.05, 0.1) is 6.10 Å². The number of carbonyl (C=O) groups is 1. The van der Waals surface area contributed by atoms with Crippen LogP contribution in [0.15, 0.2) is 16.5 Å². The molecule has 1 amide bonds. The molecule has 0 aliphatic carbocycles. The number of nitrogens with zero attached hydrogens (tertiary/aromatic N) is 1. The first-order valence-corrected chi connectivity index (χ1v) is 7.69. The summed E-state index contributed by atoms with van der Waals surface area (Å²) in [5.41, 5.74) is 0. The number of carbonyl (C=O) groups excluding carboxylic acids is 1. The minimum atomic E-state index is -0.379. The Morgan fingerprint density at radius 1 is 1.45 bits per heavy atom. The third-order valence-corrected chi connectivity index (χ3v) is 3.97. The number of hydrogen-bond donors (Lipinski definition) is 1. The summed E-state index contributed by atoms with van der Waals surface area (Å²) < 4.78 is 5.59. The van der Waals surface area contributed by atoms with Gasteiger partial charge >= 0.3 is 0 Å². The number of aryl methyl sites for hydroxylation is 1. The van der Waals surface area contributed by atoms with Gasteiger partial charge in [0, 0.05) is 19.0 Å². The molecule has 2 rings (SSSR count). The standard InChI is InChI=1S/C16H25NO3/c1-3-14-8-9-15(20-14)16(19)17-10-6-4-5-7-13(17)11-12(2)18/h8-9,12-13,18H,3-7,10-11H2,1-2H3. The van der Waals surface area contributed by atoms with Gasteiger partial charge in [-0.25, -0.2) is 0 Å². The van der Waals surface area contributed by atoms with Crippen molar-refractivity contribution in [3.8, 4) is 0 Å². The Balaban J connectivity index is 2.14. The van der Waals surface area contributed by atoms with Gasteiger partial charge in [-0.15, -0.1) is 0 Å². The van der Waals surface area contributed by atoms with Gasteiger partial charge in [0.25, 0.3) is 5.91 Å². The van der Waals surface area contributed by atoms with E-state index in [1.807, 2.05) is 17.9 Å². The summed E-state index contributed by atoms with van der Waals surface area (Å²) in [6, 6.07) is 3.76. The number of likely N-dealkylation sites (tertiary alicyclic amines) is 1. The Labute approximate surface area is 120 Å². The smallest absolute Gasteiger partial charge is 0.289 e. The maximum Gasteiger partial charge on any atom is 0.289 e. The number of furan rings is 1. The van der Waals surface area contributed by atoms with Crippen LogP contribution in [0.25, 0.3) is 0 Å². The zero-order chi connectivity index (χ0) is 14.5. The first-order valence-electron chi connectivity index (χ1n) is 7.69. The van der Waals surface area contributed by atoms with Crippen LogP contribution in [0.5, 0.6) is 0 Å². The van der Waals surface area contributed by atoms with Gasteiger partial charge < -0.3 is 14.4 Å². The van der Waals surface area contributed by atoms with Crippen LogP contribution in [0, 0.1) is 0 Å². The van der Waals surface area contributed by atoms with Gasteiger partial charge in [0.2, 0.25) is 0 Å². The van der Waals surface area contributed by atoms with E-state index >= 15 is 0 Å². The maximum atomic E-state index is 12.6. The SMILES string of the molecule is CCc1ccc(C(=O)N2CCCCCC2CC(C)O)o1. The Morgan fingerprint density at radius 2 is 2.25 bits per heavy atom. The van der Waals surface area contributed by atoms with E-state index in [4.69, 9.17) is 4.42 Å². The summed E-state index contributed by atoms with van der Waals surface area (Å²) in [5.74, 6) is 1.24. The van der Waals surface area contributed by atoms with Crippen molar-refractivity contribution in [2.75, 3.05) is 6.54 Å². The van der Waals surface area contributed by atoms with Crippen LogP contribution in [-0.2, 0) is 6.42 Å². The number of aliphatic hydroxyl groups is 1. The van der Waals surface area contributed by atoms with Crippen LogP contribution in [0.2, 0.25) is 0 Å². The zero-order valence-corrected chi connectivity index (χ0v) is 12.5. The highest BCUT2D eigenvalue weighted by Crippen LogP contribution is 2.23. The molecule has 0 spiro atoms. The van der Waals surface area contributed by atoms with Crippen LogP contribution in [-0.4, -0.2) is 34.6 Å². The van der Waals surface area contributed by atoms with Gasteiger partial charge in [0.15, 0.2) is 5.76 Å². The van der Waals surface area contributed by atoms with E-state index in [-0.39, 0.29) is 18.1 Å². The normalized spacial score (nSPS) is 21.6. The molecule has 4 heteroatoms. The maximum absolute atomic E-state index is 12.6. The minimum absolute atomic E-state index is 0.0303. The summed E-state index contributed by atoms with van der Waals surface area (Å²) in [6.07, 6.45) is 5.34. The molecule has 1 aromatic rings. The lowest BCUT2D eigenvalue weighted by Gasteiger charge is -2.30. The van der Waals surface area contributed by atoms with Crippen LogP contribution in [0.3, 0.4) is 0 Å². The molecule has 112 valence electrons. The highest BCUT2D eigenvalue weighted by molar-refractivity contribution is 5.91. The third kappa shape index (κ3) is 3.63. The van der Waals surface area contributed by atoms with E-state index in [0.717, 1.165) is 44.4 Å². The predicted octanol–water partition coefficient (Wildman–Crippen LogP) is 3.00. The van der Waals surface area contributed by atoms with Crippen molar-refractivity contribution < 1.29 is 14.3 Å². The fraction of sp³-hybridized carbons (Fsp3) is 0.688. The highest BCUT2D eigenvalue weighted by Gasteiger charge is 2.28. The molecular weight excluding hydrogens is 254 g/mol. The first-order chi connectivity index (χ1) is 9.61. The van der Waals surface area contributed by atoms with Crippen molar-refractivity contribution in [1.82, 2.24) is 4.90 Å². The lowest BCUT2D eigenvalue weighted by Crippen LogP contribution is -2.41. The largest absolute Gasteiger partial charge is 0.456 e. The van der Waals surface area contributed by atoms with E-state index in [1.54, 1.807) is 13.0 Å². The molecule has 20 heavy (non-hydrogen) atoms. The van der Waals surface area contributed by atoms with E-state index in [1.165, 1.54) is 0 Å². The van der Waals surface area contributed by atoms with Gasteiger partial charge in [0.1, 0.15) is 5.76 Å². The summed E-state index contributed by atoms with van der Waals surface area (Å²) in [4.78, 5) is 14.5. The molecule has 0 saturated carbocycles. The Kier molecular flexibility index (Phi) is 5.24. The monoisotopic (exact) mass is 279 g/mol. The number of rotatable bonds is 4. The molecule has 1 N–H and O–H groups in total. The molecule has 1 fully saturated rings. The second-order valence-electron chi connectivity index (χ2n) is 5.71. The van der Waals surface area contributed by atoms with Crippen molar-refractivity contribution in [2.24, 2.45) is 0 Å². The zero-order valence-electron chi connectivity index (χ0n) is 12.5. The molecule has 1 aliphatic heterocycles. The van der Waals surface area contributed by atoms with E-state index in [0.29, 0.717) is 12.2 Å². The Bertz CT molecular complexity index is 439. The van der Waals surface area contributed by atoms with E-state index in [2.05, 4.69) is 0 Å². The molecule has 1 aliphatic rings. The molecule has 2 atom stereocenters. The number of amides is 1. The summed E-state index contributed by atoms with van der Waals surface area (Å²) in [6.45, 7) is 4.56. The van der Waals surface area contributed by atoms with Gasteiger partial charge in [-0.3, -0.25) is 4.79 Å². The van der Waals surface area contributed by atoms with E-state index < -0.39 is 0 Å². The molecule has 2 heterocycles. The molecular formula is C16H25NO3. The topological polar surface area (TPSA) is 53.7 Å². The van der Waals surface area contributed by atoms with Crippen molar-refractivity contribution in [3.63, 3.8) is 0 Å². The van der Waals surface area contributed by atoms with E-state index in [9.17, 15) is 9.90 Å². The van der Waals surface area contributed by atoms with Crippen molar-refractivity contribution in [2.45, 2.75) is 64.5 Å². The fourth-order valence-electron chi connectivity index (χ4n) is 2.91. The molecule has 1 saturated heterocycles. The van der Waals surface area contributed by atoms with Crippen LogP contribution in [0.1, 0.15) is 62.3 Å². The van der Waals surface area contributed by atoms with Crippen LogP contribution < -0.4 is 0 Å².